The number of nitrogens with one attached hydrogen (secondary N) is 1. The van der Waals surface area contributed by atoms with E-state index in [1.165, 1.54) is 0 Å². The number of alkyl halides is 3. The maximum absolute atomic E-state index is 13.7. The van der Waals surface area contributed by atoms with Gasteiger partial charge in [-0.3, -0.25) is 4.79 Å². The number of nitrogens with zero attached hydrogens (tertiary/aromatic N) is 2. The van der Waals surface area contributed by atoms with Crippen molar-refractivity contribution >= 4 is 23.4 Å². The Hall–Kier alpha value is -1.64. The molecule has 1 saturated carbocycles. The molecule has 128 valence electrons. The lowest BCUT2D eigenvalue weighted by Gasteiger charge is -2.39. The van der Waals surface area contributed by atoms with E-state index >= 15 is 0 Å². The van der Waals surface area contributed by atoms with Gasteiger partial charge >= 0.3 is 12.1 Å². The van der Waals surface area contributed by atoms with Crippen LogP contribution in [0.4, 0.5) is 23.4 Å². The van der Waals surface area contributed by atoms with Crippen molar-refractivity contribution in [1.29, 1.82) is 0 Å². The number of carboxylic acids is 1. The van der Waals surface area contributed by atoms with Crippen molar-refractivity contribution in [3.63, 3.8) is 0 Å². The van der Waals surface area contributed by atoms with Crippen LogP contribution in [0.5, 0.6) is 0 Å². The maximum atomic E-state index is 13.7. The maximum Gasteiger partial charge on any atom is 0.396 e. The third-order valence-corrected chi connectivity index (χ3v) is 4.31. The van der Waals surface area contributed by atoms with Crippen molar-refractivity contribution < 1.29 is 27.5 Å². The molecule has 1 aliphatic rings. The Morgan fingerprint density at radius 2 is 2.04 bits per heavy atom. The van der Waals surface area contributed by atoms with E-state index in [1.807, 2.05) is 0 Å². The van der Waals surface area contributed by atoms with E-state index < -0.39 is 41.7 Å². The van der Waals surface area contributed by atoms with Gasteiger partial charge in [-0.1, -0.05) is 12.8 Å². The van der Waals surface area contributed by atoms with Crippen LogP contribution in [0.1, 0.15) is 32.1 Å². The minimum atomic E-state index is -4.62. The molecular weight excluding hydrogens is 342 g/mol. The molecule has 1 aromatic heterocycles. The van der Waals surface area contributed by atoms with Crippen LogP contribution in [-0.2, 0) is 4.79 Å². The van der Waals surface area contributed by atoms with Crippen molar-refractivity contribution in [2.45, 2.75) is 44.3 Å². The molecule has 10 heteroatoms. The summed E-state index contributed by atoms with van der Waals surface area (Å²) in [5, 5.41) is 10.9. The summed E-state index contributed by atoms with van der Waals surface area (Å²) in [5.41, 5.74) is -2.24. The first-order chi connectivity index (χ1) is 10.7. The van der Waals surface area contributed by atoms with Crippen LogP contribution >= 0.6 is 11.6 Å². The predicted molar refractivity (Wildman–Crippen MR) is 73.6 cm³/mol. The van der Waals surface area contributed by atoms with Gasteiger partial charge in [0.05, 0.1) is 24.1 Å². The number of carboxylic acid groups (broad SMARTS) is 1. The molecule has 0 radical (unpaired) electrons. The molecule has 0 spiro atoms. The second kappa shape index (κ2) is 6.46. The molecule has 1 atom stereocenters. The van der Waals surface area contributed by atoms with Crippen LogP contribution in [0.25, 0.3) is 0 Å². The summed E-state index contributed by atoms with van der Waals surface area (Å²) in [6.07, 6.45) is -4.52. The largest absolute Gasteiger partial charge is 0.481 e. The molecule has 1 aliphatic carbocycles. The topological polar surface area (TPSA) is 75.1 Å². The van der Waals surface area contributed by atoms with Gasteiger partial charge in [0.1, 0.15) is 0 Å². The number of halogens is 5. The van der Waals surface area contributed by atoms with Gasteiger partial charge in [-0.15, -0.1) is 0 Å². The second-order valence-electron chi connectivity index (χ2n) is 5.49. The number of rotatable bonds is 5. The van der Waals surface area contributed by atoms with Gasteiger partial charge in [-0.05, 0) is 24.4 Å². The average Bonchev–Trinajstić information content (AvgIpc) is 2.92. The Balaban J connectivity index is 2.40. The lowest BCUT2D eigenvalue weighted by atomic mass is 9.76. The Labute approximate surface area is 134 Å². The highest BCUT2D eigenvalue weighted by atomic mass is 35.5. The second-order valence-corrected chi connectivity index (χ2v) is 5.83. The molecule has 2 rings (SSSR count). The van der Waals surface area contributed by atoms with Gasteiger partial charge in [-0.25, -0.2) is 9.37 Å². The zero-order valence-electron chi connectivity index (χ0n) is 11.8. The Morgan fingerprint density at radius 1 is 1.43 bits per heavy atom. The van der Waals surface area contributed by atoms with Gasteiger partial charge in [0.15, 0.2) is 11.6 Å². The van der Waals surface area contributed by atoms with E-state index in [9.17, 15) is 22.4 Å². The smallest absolute Gasteiger partial charge is 0.396 e. The number of aromatic nitrogens is 2. The van der Waals surface area contributed by atoms with Crippen molar-refractivity contribution in [3.8, 4) is 0 Å². The first kappa shape index (κ1) is 17.7. The van der Waals surface area contributed by atoms with Crippen molar-refractivity contribution in [3.05, 3.63) is 17.3 Å². The van der Waals surface area contributed by atoms with E-state index in [2.05, 4.69) is 15.3 Å². The molecule has 0 amide bonds. The molecule has 1 unspecified atom stereocenters. The first-order valence-electron chi connectivity index (χ1n) is 6.89. The number of hydrogen-bond donors (Lipinski definition) is 2. The monoisotopic (exact) mass is 355 g/mol. The molecular formula is C13H14ClF4N3O2. The number of carbonyl (C=O) groups is 1. The molecule has 1 aromatic rings. The van der Waals surface area contributed by atoms with Crippen molar-refractivity contribution in [2.75, 3.05) is 5.32 Å². The molecule has 23 heavy (non-hydrogen) atoms. The molecule has 5 nitrogen and oxygen atoms in total. The van der Waals surface area contributed by atoms with E-state index in [0.717, 1.165) is 0 Å². The molecule has 2 N–H and O–H groups in total. The highest BCUT2D eigenvalue weighted by molar-refractivity contribution is 6.28. The molecule has 1 heterocycles. The van der Waals surface area contributed by atoms with Gasteiger partial charge in [-0.2, -0.15) is 18.2 Å². The van der Waals surface area contributed by atoms with E-state index in [1.54, 1.807) is 0 Å². The third-order valence-electron chi connectivity index (χ3n) is 4.13. The van der Waals surface area contributed by atoms with Crippen LogP contribution in [0.15, 0.2) is 6.20 Å². The van der Waals surface area contributed by atoms with Crippen molar-refractivity contribution in [1.82, 2.24) is 9.97 Å². The summed E-state index contributed by atoms with van der Waals surface area (Å²) in [4.78, 5) is 17.9. The third kappa shape index (κ3) is 3.65. The first-order valence-corrected chi connectivity index (χ1v) is 7.26. The minimum Gasteiger partial charge on any atom is -0.481 e. The molecule has 0 aromatic carbocycles. The molecule has 0 aliphatic heterocycles. The van der Waals surface area contributed by atoms with Crippen LogP contribution in [0, 0.1) is 11.2 Å². The normalized spacial score (nSPS) is 18.7. The Bertz CT molecular complexity index is 591. The van der Waals surface area contributed by atoms with Gasteiger partial charge < -0.3 is 10.4 Å². The van der Waals surface area contributed by atoms with Gasteiger partial charge in [0, 0.05) is 0 Å². The van der Waals surface area contributed by atoms with Crippen molar-refractivity contribution in [2.24, 2.45) is 5.41 Å². The summed E-state index contributed by atoms with van der Waals surface area (Å²) in [6, 6.07) is -1.55. The zero-order valence-corrected chi connectivity index (χ0v) is 12.6. The minimum absolute atomic E-state index is 0.220. The Kier molecular flexibility index (Phi) is 4.98. The number of aliphatic carboxylic acids is 1. The molecule has 1 fully saturated rings. The SMILES string of the molecule is O=C(O)CC(Nc1nc(Cl)ncc1F)C1(C(F)(F)F)CCCC1. The Morgan fingerprint density at radius 3 is 2.57 bits per heavy atom. The van der Waals surface area contributed by atoms with E-state index in [4.69, 9.17) is 16.7 Å². The summed E-state index contributed by atoms with van der Waals surface area (Å²) in [7, 11) is 0. The standard InChI is InChI=1S/C13H14ClF4N3O2/c14-11-19-6-7(15)10(21-11)20-8(5-9(22)23)12(13(16,17)18)3-1-2-4-12/h6,8H,1-5H2,(H,22,23)(H,19,20,21). The van der Waals surface area contributed by atoms with Gasteiger partial charge in [0.2, 0.25) is 5.28 Å². The summed E-state index contributed by atoms with van der Waals surface area (Å²) in [6.45, 7) is 0. The van der Waals surface area contributed by atoms with Crippen LogP contribution in [0.2, 0.25) is 5.28 Å². The highest BCUT2D eigenvalue weighted by Crippen LogP contribution is 2.54. The molecule has 0 saturated heterocycles. The molecule has 0 bridgehead atoms. The van der Waals surface area contributed by atoms with Crippen LogP contribution in [-0.4, -0.2) is 33.3 Å². The van der Waals surface area contributed by atoms with E-state index in [0.29, 0.717) is 19.0 Å². The number of anilines is 1. The zero-order chi connectivity index (χ0) is 17.3. The van der Waals surface area contributed by atoms with Crippen LogP contribution < -0.4 is 5.32 Å². The summed E-state index contributed by atoms with van der Waals surface area (Å²) < 4.78 is 54.5. The van der Waals surface area contributed by atoms with Crippen LogP contribution in [0.3, 0.4) is 0 Å². The fourth-order valence-corrected chi connectivity index (χ4v) is 3.14. The quantitative estimate of drug-likeness (QED) is 0.623. The predicted octanol–water partition coefficient (Wildman–Crippen LogP) is 3.65. The number of hydrogen-bond acceptors (Lipinski definition) is 4. The van der Waals surface area contributed by atoms with Gasteiger partial charge in [0.25, 0.3) is 0 Å². The van der Waals surface area contributed by atoms with E-state index in [-0.39, 0.29) is 18.1 Å². The fourth-order valence-electron chi connectivity index (χ4n) is 3.01. The lowest BCUT2D eigenvalue weighted by molar-refractivity contribution is -0.228. The summed E-state index contributed by atoms with van der Waals surface area (Å²) in [5.74, 6) is -2.95. The highest BCUT2D eigenvalue weighted by Gasteiger charge is 2.60. The lowest BCUT2D eigenvalue weighted by Crippen LogP contribution is -2.50. The fraction of sp³-hybridized carbons (Fsp3) is 0.615. The average molecular weight is 356 g/mol. The summed E-state index contributed by atoms with van der Waals surface area (Å²) >= 11 is 5.52.